The molecule has 0 aliphatic rings. The summed E-state index contributed by atoms with van der Waals surface area (Å²) in [5.74, 6) is -0.987. The Morgan fingerprint density at radius 1 is 1.92 bits per heavy atom. The second-order valence-corrected chi connectivity index (χ2v) is 2.67. The highest BCUT2D eigenvalue weighted by molar-refractivity contribution is 5.73. The molecule has 0 bridgehead atoms. The average Bonchev–Trinajstić information content (AvgIpc) is 2.35. The predicted octanol–water partition coefficient (Wildman–Crippen LogP) is -0.626. The maximum absolute atomic E-state index is 10.4. The number of nitrogens with two attached hydrogens (primary N) is 1. The quantitative estimate of drug-likeness (QED) is 0.631. The summed E-state index contributed by atoms with van der Waals surface area (Å²) in [5, 5.41) is 12.4. The lowest BCUT2D eigenvalue weighted by Crippen LogP contribution is -2.32. The second-order valence-electron chi connectivity index (χ2n) is 2.67. The first-order valence-corrected chi connectivity index (χ1v) is 3.55. The highest BCUT2D eigenvalue weighted by Crippen LogP contribution is 1.99. The molecule has 66 valence electrons. The van der Waals surface area contributed by atoms with E-state index in [1.807, 2.05) is 0 Å². The van der Waals surface area contributed by atoms with Crippen LogP contribution >= 0.6 is 0 Å². The minimum absolute atomic E-state index is 0.323. The van der Waals surface area contributed by atoms with Crippen molar-refractivity contribution in [1.29, 1.82) is 0 Å². The standard InChI is InChI=1S/C7H11N3O2/c1-10-4-5(3-9-10)2-6(8)7(11)12/h3-4,6H,2,8H2,1H3,(H,11,12)/t6-/m0/s1. The van der Waals surface area contributed by atoms with E-state index >= 15 is 0 Å². The van der Waals surface area contributed by atoms with E-state index in [1.54, 1.807) is 24.1 Å². The molecule has 3 N–H and O–H groups in total. The van der Waals surface area contributed by atoms with E-state index < -0.39 is 12.0 Å². The molecule has 1 aromatic rings. The third kappa shape index (κ3) is 2.06. The molecule has 5 heteroatoms. The largest absolute Gasteiger partial charge is 0.480 e. The summed E-state index contributed by atoms with van der Waals surface area (Å²) in [7, 11) is 1.77. The van der Waals surface area contributed by atoms with E-state index in [0.29, 0.717) is 6.42 Å². The van der Waals surface area contributed by atoms with Crippen molar-refractivity contribution in [2.75, 3.05) is 0 Å². The van der Waals surface area contributed by atoms with E-state index in [1.165, 1.54) is 0 Å². The normalized spacial score (nSPS) is 12.8. The summed E-state index contributed by atoms with van der Waals surface area (Å²) in [6.45, 7) is 0. The maximum atomic E-state index is 10.4. The highest BCUT2D eigenvalue weighted by Gasteiger charge is 2.12. The molecule has 0 fully saturated rings. The van der Waals surface area contributed by atoms with Gasteiger partial charge in [-0.05, 0) is 5.56 Å². The summed E-state index contributed by atoms with van der Waals surface area (Å²) in [4.78, 5) is 10.4. The van der Waals surface area contributed by atoms with Crippen molar-refractivity contribution < 1.29 is 9.90 Å². The number of hydrogen-bond acceptors (Lipinski definition) is 3. The second kappa shape index (κ2) is 3.36. The van der Waals surface area contributed by atoms with Gasteiger partial charge in [-0.1, -0.05) is 0 Å². The van der Waals surface area contributed by atoms with Crippen molar-refractivity contribution in [1.82, 2.24) is 9.78 Å². The molecule has 0 aromatic carbocycles. The van der Waals surface area contributed by atoms with Gasteiger partial charge in [0.15, 0.2) is 0 Å². The molecule has 0 saturated carbocycles. The van der Waals surface area contributed by atoms with Crippen molar-refractivity contribution in [2.45, 2.75) is 12.5 Å². The third-order valence-electron chi connectivity index (χ3n) is 1.53. The Hall–Kier alpha value is -1.36. The van der Waals surface area contributed by atoms with Gasteiger partial charge in [-0.15, -0.1) is 0 Å². The summed E-state index contributed by atoms with van der Waals surface area (Å²) < 4.78 is 1.61. The van der Waals surface area contributed by atoms with Gasteiger partial charge in [0.05, 0.1) is 6.20 Å². The summed E-state index contributed by atoms with van der Waals surface area (Å²) >= 11 is 0. The molecule has 0 amide bonds. The van der Waals surface area contributed by atoms with Crippen LogP contribution in [0.1, 0.15) is 5.56 Å². The van der Waals surface area contributed by atoms with Crippen LogP contribution in [0.4, 0.5) is 0 Å². The van der Waals surface area contributed by atoms with Crippen molar-refractivity contribution in [3.8, 4) is 0 Å². The molecule has 0 spiro atoms. The Balaban J connectivity index is 2.58. The van der Waals surface area contributed by atoms with Gasteiger partial charge in [0.2, 0.25) is 0 Å². The summed E-state index contributed by atoms with van der Waals surface area (Å²) in [5.41, 5.74) is 6.16. The lowest BCUT2D eigenvalue weighted by molar-refractivity contribution is -0.138. The van der Waals surface area contributed by atoms with Crippen LogP contribution in [0.3, 0.4) is 0 Å². The van der Waals surface area contributed by atoms with E-state index in [4.69, 9.17) is 10.8 Å². The molecule has 1 heterocycles. The fourth-order valence-corrected chi connectivity index (χ4v) is 0.919. The molecule has 0 aliphatic heterocycles. The van der Waals surface area contributed by atoms with Gasteiger partial charge < -0.3 is 10.8 Å². The Labute approximate surface area is 69.8 Å². The van der Waals surface area contributed by atoms with Gasteiger partial charge in [0.25, 0.3) is 0 Å². The molecule has 1 rings (SSSR count). The number of aromatic nitrogens is 2. The minimum atomic E-state index is -0.987. The fraction of sp³-hybridized carbons (Fsp3) is 0.429. The Bertz CT molecular complexity index is 282. The van der Waals surface area contributed by atoms with Crippen molar-refractivity contribution in [3.05, 3.63) is 18.0 Å². The van der Waals surface area contributed by atoms with E-state index in [0.717, 1.165) is 5.56 Å². The number of rotatable bonds is 3. The van der Waals surface area contributed by atoms with E-state index in [2.05, 4.69) is 5.10 Å². The first-order valence-electron chi connectivity index (χ1n) is 3.55. The number of hydrogen-bond donors (Lipinski definition) is 2. The lowest BCUT2D eigenvalue weighted by Gasteiger charge is -2.02. The smallest absolute Gasteiger partial charge is 0.320 e. The van der Waals surface area contributed by atoms with Gasteiger partial charge >= 0.3 is 5.97 Å². The van der Waals surface area contributed by atoms with Crippen molar-refractivity contribution in [3.63, 3.8) is 0 Å². The van der Waals surface area contributed by atoms with Crippen LogP contribution in [0.5, 0.6) is 0 Å². The zero-order valence-corrected chi connectivity index (χ0v) is 6.77. The SMILES string of the molecule is Cn1cc(C[C@H](N)C(=O)O)cn1. The molecule has 5 nitrogen and oxygen atoms in total. The summed E-state index contributed by atoms with van der Waals surface area (Å²) in [6, 6.07) is -0.839. The number of aliphatic carboxylic acids is 1. The minimum Gasteiger partial charge on any atom is -0.480 e. The zero-order chi connectivity index (χ0) is 9.14. The first-order chi connectivity index (χ1) is 5.59. The average molecular weight is 169 g/mol. The fourth-order valence-electron chi connectivity index (χ4n) is 0.919. The molecule has 0 aliphatic carbocycles. The van der Waals surface area contributed by atoms with E-state index in [9.17, 15) is 4.79 Å². The van der Waals surface area contributed by atoms with Crippen LogP contribution < -0.4 is 5.73 Å². The summed E-state index contributed by atoms with van der Waals surface area (Å²) in [6.07, 6.45) is 3.69. The number of carboxylic acid groups (broad SMARTS) is 1. The van der Waals surface area contributed by atoms with Gasteiger partial charge in [0, 0.05) is 19.7 Å². The van der Waals surface area contributed by atoms with Gasteiger partial charge in [-0.25, -0.2) is 0 Å². The van der Waals surface area contributed by atoms with Crippen LogP contribution in [0.2, 0.25) is 0 Å². The van der Waals surface area contributed by atoms with Crippen LogP contribution in [0.25, 0.3) is 0 Å². The number of aryl methyl sites for hydroxylation is 1. The van der Waals surface area contributed by atoms with Gasteiger partial charge in [-0.3, -0.25) is 9.48 Å². The maximum Gasteiger partial charge on any atom is 0.320 e. The zero-order valence-electron chi connectivity index (χ0n) is 6.77. The van der Waals surface area contributed by atoms with Crippen LogP contribution in [0.15, 0.2) is 12.4 Å². The molecule has 0 radical (unpaired) electrons. The first kappa shape index (κ1) is 8.73. The highest BCUT2D eigenvalue weighted by atomic mass is 16.4. The number of carboxylic acids is 1. The Morgan fingerprint density at radius 3 is 3.00 bits per heavy atom. The van der Waals surface area contributed by atoms with Crippen molar-refractivity contribution in [2.24, 2.45) is 12.8 Å². The van der Waals surface area contributed by atoms with Gasteiger partial charge in [0.1, 0.15) is 6.04 Å². The molecule has 0 saturated heterocycles. The molecule has 1 atom stereocenters. The monoisotopic (exact) mass is 169 g/mol. The van der Waals surface area contributed by atoms with E-state index in [-0.39, 0.29) is 0 Å². The Kier molecular flexibility index (Phi) is 2.44. The topological polar surface area (TPSA) is 81.1 Å². The molecule has 0 unspecified atom stereocenters. The molecular formula is C7H11N3O2. The molecule has 12 heavy (non-hydrogen) atoms. The van der Waals surface area contributed by atoms with Gasteiger partial charge in [-0.2, -0.15) is 5.10 Å². The number of nitrogens with zero attached hydrogens (tertiary/aromatic N) is 2. The van der Waals surface area contributed by atoms with Crippen LogP contribution in [-0.4, -0.2) is 26.9 Å². The molecule has 1 aromatic heterocycles. The van der Waals surface area contributed by atoms with Crippen molar-refractivity contribution >= 4 is 5.97 Å². The molecular weight excluding hydrogens is 158 g/mol. The predicted molar refractivity (Wildman–Crippen MR) is 42.5 cm³/mol. The van der Waals surface area contributed by atoms with Crippen LogP contribution in [0, 0.1) is 0 Å². The third-order valence-corrected chi connectivity index (χ3v) is 1.53. The van der Waals surface area contributed by atoms with Crippen LogP contribution in [-0.2, 0) is 18.3 Å². The Morgan fingerprint density at radius 2 is 2.58 bits per heavy atom. The number of carbonyl (C=O) groups is 1. The lowest BCUT2D eigenvalue weighted by atomic mass is 10.1.